The second-order valence-electron chi connectivity index (χ2n) is 20.2. The van der Waals surface area contributed by atoms with Gasteiger partial charge in [0.15, 0.2) is 6.10 Å². The van der Waals surface area contributed by atoms with Crippen LogP contribution in [0.25, 0.3) is 0 Å². The summed E-state index contributed by atoms with van der Waals surface area (Å²) in [5.74, 6) is -0.870. The van der Waals surface area contributed by atoms with Gasteiger partial charge in [0, 0.05) is 19.3 Å². The molecule has 0 saturated carbocycles. The zero-order chi connectivity index (χ0) is 50.0. The summed E-state index contributed by atoms with van der Waals surface area (Å²) < 4.78 is 16.9. The minimum atomic E-state index is -0.776. The first-order valence-corrected chi connectivity index (χ1v) is 30.1. The Morgan fingerprint density at radius 2 is 0.565 bits per heavy atom. The maximum absolute atomic E-state index is 12.9. The van der Waals surface area contributed by atoms with E-state index in [1.54, 1.807) is 0 Å². The molecule has 6 nitrogen and oxygen atoms in total. The highest BCUT2D eigenvalue weighted by atomic mass is 16.6. The van der Waals surface area contributed by atoms with Gasteiger partial charge in [0.2, 0.25) is 0 Å². The Labute approximate surface area is 428 Å². The predicted octanol–water partition coefficient (Wildman–Crippen LogP) is 20.2. The van der Waals surface area contributed by atoms with Gasteiger partial charge in [0.1, 0.15) is 13.2 Å². The van der Waals surface area contributed by atoms with E-state index in [9.17, 15) is 14.4 Å². The van der Waals surface area contributed by atoms with Gasteiger partial charge >= 0.3 is 17.9 Å². The monoisotopic (exact) mass is 967 g/mol. The summed E-state index contributed by atoms with van der Waals surface area (Å²) in [5.41, 5.74) is 0. The smallest absolute Gasteiger partial charge is 0.306 e. The molecule has 0 aromatic rings. The van der Waals surface area contributed by atoms with E-state index in [0.29, 0.717) is 19.3 Å². The van der Waals surface area contributed by atoms with E-state index in [-0.39, 0.29) is 31.1 Å². The maximum atomic E-state index is 12.9. The first-order valence-electron chi connectivity index (χ1n) is 30.1. The van der Waals surface area contributed by atoms with Gasteiger partial charge in [-0.15, -0.1) is 0 Å². The fraction of sp³-hybridized carbons (Fsp3) is 0.825. The Morgan fingerprint density at radius 3 is 0.899 bits per heavy atom. The highest BCUT2D eigenvalue weighted by Crippen LogP contribution is 2.16. The molecule has 0 aromatic carbocycles. The molecule has 0 aliphatic heterocycles. The van der Waals surface area contributed by atoms with Crippen molar-refractivity contribution in [2.24, 2.45) is 0 Å². The molecule has 0 radical (unpaired) electrons. The molecule has 0 rings (SSSR count). The van der Waals surface area contributed by atoms with Crippen molar-refractivity contribution in [2.75, 3.05) is 13.2 Å². The number of allylic oxidation sites excluding steroid dienone is 8. The largest absolute Gasteiger partial charge is 0.462 e. The van der Waals surface area contributed by atoms with Crippen molar-refractivity contribution in [2.45, 2.75) is 322 Å². The fourth-order valence-electron chi connectivity index (χ4n) is 8.81. The van der Waals surface area contributed by atoms with Crippen LogP contribution >= 0.6 is 0 Å². The van der Waals surface area contributed by atoms with Crippen molar-refractivity contribution in [1.29, 1.82) is 0 Å². The third kappa shape index (κ3) is 56.2. The van der Waals surface area contributed by atoms with Gasteiger partial charge in [0.25, 0.3) is 0 Å². The first kappa shape index (κ1) is 66.4. The van der Waals surface area contributed by atoms with Crippen LogP contribution in [0.3, 0.4) is 0 Å². The number of hydrogen-bond acceptors (Lipinski definition) is 6. The molecule has 0 N–H and O–H groups in total. The van der Waals surface area contributed by atoms with Crippen molar-refractivity contribution >= 4 is 17.9 Å². The van der Waals surface area contributed by atoms with Crippen molar-refractivity contribution < 1.29 is 28.6 Å². The van der Waals surface area contributed by atoms with Crippen molar-refractivity contribution in [3.63, 3.8) is 0 Å². The summed E-state index contributed by atoms with van der Waals surface area (Å²) in [7, 11) is 0. The molecule has 6 heteroatoms. The SMILES string of the molecule is CC/C=C\C/C=C\C/C=C\CCCCCCCCCC(=O)OC(COC(=O)CCCCCCCCCCCCC)COC(=O)CCCCCCCCCCCCC/C=C\CCCCCCCCCC. The lowest BCUT2D eigenvalue weighted by molar-refractivity contribution is -0.167. The molecule has 0 aliphatic carbocycles. The Morgan fingerprint density at radius 1 is 0.304 bits per heavy atom. The van der Waals surface area contributed by atoms with Gasteiger partial charge < -0.3 is 14.2 Å². The molecule has 0 bridgehead atoms. The van der Waals surface area contributed by atoms with E-state index >= 15 is 0 Å². The van der Waals surface area contributed by atoms with E-state index in [2.05, 4.69) is 69.4 Å². The summed E-state index contributed by atoms with van der Waals surface area (Å²) in [6.07, 6.45) is 71.1. The molecule has 0 fully saturated rings. The summed E-state index contributed by atoms with van der Waals surface area (Å²) in [6.45, 7) is 6.55. The quantitative estimate of drug-likeness (QED) is 0.0262. The van der Waals surface area contributed by atoms with Crippen LogP contribution < -0.4 is 0 Å². The number of rotatable bonds is 55. The summed E-state index contributed by atoms with van der Waals surface area (Å²) in [6, 6.07) is 0. The topological polar surface area (TPSA) is 78.9 Å². The Kier molecular flexibility index (Phi) is 55.7. The van der Waals surface area contributed by atoms with Gasteiger partial charge in [-0.25, -0.2) is 0 Å². The zero-order valence-corrected chi connectivity index (χ0v) is 46.1. The second-order valence-corrected chi connectivity index (χ2v) is 20.2. The van der Waals surface area contributed by atoms with Crippen molar-refractivity contribution in [3.8, 4) is 0 Å². The molecule has 0 heterocycles. The van der Waals surface area contributed by atoms with Gasteiger partial charge in [-0.05, 0) is 77.0 Å². The summed E-state index contributed by atoms with van der Waals surface area (Å²) >= 11 is 0. The molecule has 402 valence electrons. The van der Waals surface area contributed by atoms with Crippen molar-refractivity contribution in [1.82, 2.24) is 0 Å². The van der Waals surface area contributed by atoms with Gasteiger partial charge in [-0.1, -0.05) is 268 Å². The number of carbonyl (C=O) groups is 3. The highest BCUT2D eigenvalue weighted by molar-refractivity contribution is 5.71. The number of unbranched alkanes of at least 4 members (excludes halogenated alkanes) is 36. The predicted molar refractivity (Wildman–Crippen MR) is 298 cm³/mol. The lowest BCUT2D eigenvalue weighted by Crippen LogP contribution is -2.30. The average molecular weight is 968 g/mol. The minimum Gasteiger partial charge on any atom is -0.462 e. The Balaban J connectivity index is 4.26. The number of ether oxygens (including phenoxy) is 3. The Bertz CT molecular complexity index is 1200. The van der Waals surface area contributed by atoms with Gasteiger partial charge in [-0.3, -0.25) is 14.4 Å². The molecular weight excluding hydrogens is 853 g/mol. The third-order valence-corrected chi connectivity index (χ3v) is 13.3. The van der Waals surface area contributed by atoms with E-state index in [0.717, 1.165) is 83.5 Å². The lowest BCUT2D eigenvalue weighted by atomic mass is 10.0. The van der Waals surface area contributed by atoms with Crippen LogP contribution in [0.5, 0.6) is 0 Å². The van der Waals surface area contributed by atoms with E-state index in [1.165, 1.54) is 193 Å². The fourth-order valence-corrected chi connectivity index (χ4v) is 8.81. The van der Waals surface area contributed by atoms with Crippen LogP contribution in [0.1, 0.15) is 316 Å². The number of carbonyl (C=O) groups excluding carboxylic acids is 3. The second kappa shape index (κ2) is 57.9. The normalized spacial score (nSPS) is 12.3. The highest BCUT2D eigenvalue weighted by Gasteiger charge is 2.19. The van der Waals surface area contributed by atoms with E-state index in [4.69, 9.17) is 14.2 Å². The number of hydrogen-bond donors (Lipinski definition) is 0. The van der Waals surface area contributed by atoms with Crippen LogP contribution in [-0.4, -0.2) is 37.2 Å². The van der Waals surface area contributed by atoms with Crippen LogP contribution in [0, 0.1) is 0 Å². The van der Waals surface area contributed by atoms with Gasteiger partial charge in [-0.2, -0.15) is 0 Å². The van der Waals surface area contributed by atoms with Crippen LogP contribution in [0.15, 0.2) is 48.6 Å². The first-order chi connectivity index (χ1) is 34.0. The molecule has 0 spiro atoms. The molecule has 0 amide bonds. The molecule has 0 saturated heterocycles. The Hall–Kier alpha value is -2.63. The summed E-state index contributed by atoms with van der Waals surface area (Å²) in [5, 5.41) is 0. The van der Waals surface area contributed by atoms with Crippen molar-refractivity contribution in [3.05, 3.63) is 48.6 Å². The molecule has 69 heavy (non-hydrogen) atoms. The van der Waals surface area contributed by atoms with E-state index in [1.807, 2.05) is 0 Å². The summed E-state index contributed by atoms with van der Waals surface area (Å²) in [4.78, 5) is 38.2. The van der Waals surface area contributed by atoms with Crippen LogP contribution in [-0.2, 0) is 28.6 Å². The third-order valence-electron chi connectivity index (χ3n) is 13.3. The zero-order valence-electron chi connectivity index (χ0n) is 46.1. The molecular formula is C63H114O6. The number of esters is 3. The molecule has 1 atom stereocenters. The average Bonchev–Trinajstić information content (AvgIpc) is 3.35. The molecule has 0 aliphatic rings. The minimum absolute atomic E-state index is 0.0742. The van der Waals surface area contributed by atoms with Crippen LogP contribution in [0.4, 0.5) is 0 Å². The standard InChI is InChI=1S/C63H114O6/c1-4-7-10-13-16-19-22-24-26-28-29-30-31-32-33-35-36-38-41-44-47-50-53-56-62(65)68-59-60(58-67-61(64)55-52-49-46-43-40-21-18-15-12-9-6-3)69-63(66)57-54-51-48-45-42-39-37-34-27-25-23-20-17-14-11-8-5-2/h8,11,17,20,25,27-29,60H,4-7,9-10,12-16,18-19,21-24,26,30-59H2,1-3H3/b11-8-,20-17-,27-25-,29-28-. The van der Waals surface area contributed by atoms with E-state index < -0.39 is 6.10 Å². The molecule has 1 unspecified atom stereocenters. The lowest BCUT2D eigenvalue weighted by Gasteiger charge is -2.18. The molecule has 0 aromatic heterocycles. The maximum Gasteiger partial charge on any atom is 0.306 e. The van der Waals surface area contributed by atoms with Gasteiger partial charge in [0.05, 0.1) is 0 Å². The van der Waals surface area contributed by atoms with Crippen LogP contribution in [0.2, 0.25) is 0 Å².